The molecule has 2 heterocycles. The Kier molecular flexibility index (Phi) is 8.84. The minimum Gasteiger partial charge on any atom is -0.465 e. The van der Waals surface area contributed by atoms with Gasteiger partial charge in [-0.25, -0.2) is 9.48 Å². The molecular formula is C25H25ClN8O5. The predicted octanol–water partition coefficient (Wildman–Crippen LogP) is 2.54. The number of tetrazole rings is 1. The van der Waals surface area contributed by atoms with Gasteiger partial charge >= 0.3 is 6.09 Å². The molecule has 5 N–H and O–H groups in total. The highest BCUT2D eigenvalue weighted by molar-refractivity contribution is 6.30. The van der Waals surface area contributed by atoms with Crippen LogP contribution in [0.4, 0.5) is 16.2 Å². The van der Waals surface area contributed by atoms with E-state index >= 15 is 0 Å². The van der Waals surface area contributed by atoms with Crippen molar-refractivity contribution in [3.63, 3.8) is 0 Å². The molecule has 1 atom stereocenters. The fourth-order valence-corrected chi connectivity index (χ4v) is 4.18. The molecule has 202 valence electrons. The van der Waals surface area contributed by atoms with Gasteiger partial charge in [0.2, 0.25) is 11.8 Å². The topological polar surface area (TPSA) is 180 Å². The third-order valence-corrected chi connectivity index (χ3v) is 6.05. The number of aromatic nitrogens is 4. The van der Waals surface area contributed by atoms with Crippen LogP contribution in [0.25, 0.3) is 5.69 Å². The summed E-state index contributed by atoms with van der Waals surface area (Å²) in [5, 5.41) is 31.1. The molecule has 1 aliphatic heterocycles. The summed E-state index contributed by atoms with van der Waals surface area (Å²) in [4.78, 5) is 49.6. The molecule has 0 saturated carbocycles. The molecule has 0 radical (unpaired) electrons. The number of nitrogens with one attached hydrogen (secondary N) is 4. The first-order valence-electron chi connectivity index (χ1n) is 12.0. The number of allylic oxidation sites excluding steroid dienone is 1. The normalized spacial score (nSPS) is 16.5. The zero-order valence-electron chi connectivity index (χ0n) is 20.6. The van der Waals surface area contributed by atoms with E-state index in [9.17, 15) is 19.2 Å². The van der Waals surface area contributed by atoms with Gasteiger partial charge in [-0.1, -0.05) is 23.8 Å². The van der Waals surface area contributed by atoms with Crippen molar-refractivity contribution in [3.8, 4) is 5.69 Å². The second-order valence-corrected chi connectivity index (χ2v) is 9.02. The molecular weight excluding hydrogens is 528 g/mol. The Balaban J connectivity index is 1.48. The molecule has 0 saturated heterocycles. The average molecular weight is 553 g/mol. The van der Waals surface area contributed by atoms with Crippen LogP contribution in [0, 0.1) is 0 Å². The van der Waals surface area contributed by atoms with Gasteiger partial charge in [-0.15, -0.1) is 5.10 Å². The largest absolute Gasteiger partial charge is 0.465 e. The number of fused-ring (bicyclic) bond motifs is 1. The lowest BCUT2D eigenvalue weighted by molar-refractivity contribution is -0.123. The zero-order valence-corrected chi connectivity index (χ0v) is 21.3. The van der Waals surface area contributed by atoms with Crippen molar-refractivity contribution in [1.82, 2.24) is 30.8 Å². The maximum absolute atomic E-state index is 13.1. The third kappa shape index (κ3) is 7.38. The average Bonchev–Trinajstić information content (AvgIpc) is 3.41. The van der Waals surface area contributed by atoms with Gasteiger partial charge < -0.3 is 21.1 Å². The minimum absolute atomic E-state index is 0.0895. The number of hydrogen-bond acceptors (Lipinski definition) is 7. The molecule has 3 aromatic rings. The SMILES string of the molecule is O=C(O)Nc1ccc2c(c1)NC(=O)CC/C=C\CC(C(=O)NCCc1cc(Cl)ccc1-n1cnnn1)NC2=O. The lowest BCUT2D eigenvalue weighted by Crippen LogP contribution is -2.47. The summed E-state index contributed by atoms with van der Waals surface area (Å²) in [6.07, 6.45) is 4.88. The molecule has 13 nitrogen and oxygen atoms in total. The number of benzene rings is 2. The number of amides is 4. The fourth-order valence-electron chi connectivity index (χ4n) is 3.98. The number of carboxylic acid groups (broad SMARTS) is 1. The van der Waals surface area contributed by atoms with E-state index in [4.69, 9.17) is 16.7 Å². The molecule has 4 rings (SSSR count). The third-order valence-electron chi connectivity index (χ3n) is 5.82. The van der Waals surface area contributed by atoms with E-state index < -0.39 is 23.9 Å². The Morgan fingerprint density at radius 2 is 2.00 bits per heavy atom. The van der Waals surface area contributed by atoms with E-state index in [1.807, 2.05) is 0 Å². The van der Waals surface area contributed by atoms with Gasteiger partial charge in [0, 0.05) is 23.7 Å². The van der Waals surface area contributed by atoms with Gasteiger partial charge in [-0.2, -0.15) is 0 Å². The Hall–Kier alpha value is -4.78. The lowest BCUT2D eigenvalue weighted by Gasteiger charge is -2.20. The van der Waals surface area contributed by atoms with Crippen molar-refractivity contribution in [2.45, 2.75) is 31.7 Å². The van der Waals surface area contributed by atoms with Crippen molar-refractivity contribution >= 4 is 46.8 Å². The monoisotopic (exact) mass is 552 g/mol. The lowest BCUT2D eigenvalue weighted by atomic mass is 10.1. The van der Waals surface area contributed by atoms with Crippen LogP contribution in [-0.4, -0.2) is 61.7 Å². The Morgan fingerprint density at radius 1 is 1.15 bits per heavy atom. The minimum atomic E-state index is -1.29. The van der Waals surface area contributed by atoms with Crippen LogP contribution in [0.2, 0.25) is 5.02 Å². The van der Waals surface area contributed by atoms with Crippen molar-refractivity contribution in [2.75, 3.05) is 17.2 Å². The summed E-state index contributed by atoms with van der Waals surface area (Å²) in [5.74, 6) is -1.33. The smallest absolute Gasteiger partial charge is 0.409 e. The summed E-state index contributed by atoms with van der Waals surface area (Å²) in [6.45, 7) is 0.251. The molecule has 2 aromatic carbocycles. The summed E-state index contributed by atoms with van der Waals surface area (Å²) in [6, 6.07) is 8.50. The van der Waals surface area contributed by atoms with E-state index in [0.29, 0.717) is 17.9 Å². The quantitative estimate of drug-likeness (QED) is 0.289. The van der Waals surface area contributed by atoms with Gasteiger partial charge in [0.15, 0.2) is 0 Å². The predicted molar refractivity (Wildman–Crippen MR) is 142 cm³/mol. The van der Waals surface area contributed by atoms with Gasteiger partial charge in [-0.05, 0) is 71.7 Å². The number of nitrogens with zero attached hydrogens (tertiary/aromatic N) is 4. The number of hydrogen-bond donors (Lipinski definition) is 5. The first-order valence-corrected chi connectivity index (χ1v) is 12.4. The van der Waals surface area contributed by atoms with Gasteiger partial charge in [0.1, 0.15) is 12.4 Å². The highest BCUT2D eigenvalue weighted by Gasteiger charge is 2.23. The van der Waals surface area contributed by atoms with Crippen LogP contribution >= 0.6 is 11.6 Å². The molecule has 0 spiro atoms. The van der Waals surface area contributed by atoms with Crippen LogP contribution in [0.3, 0.4) is 0 Å². The Labute approximate surface area is 227 Å². The van der Waals surface area contributed by atoms with E-state index in [2.05, 4.69) is 36.8 Å². The second kappa shape index (κ2) is 12.6. The van der Waals surface area contributed by atoms with E-state index in [0.717, 1.165) is 11.3 Å². The Bertz CT molecular complexity index is 1410. The molecule has 0 aliphatic carbocycles. The second-order valence-electron chi connectivity index (χ2n) is 8.58. The van der Waals surface area contributed by atoms with Gasteiger partial charge in [-0.3, -0.25) is 19.7 Å². The molecule has 1 aliphatic rings. The van der Waals surface area contributed by atoms with Crippen LogP contribution in [-0.2, 0) is 16.0 Å². The van der Waals surface area contributed by atoms with Crippen LogP contribution in [0.5, 0.6) is 0 Å². The van der Waals surface area contributed by atoms with Crippen molar-refractivity contribution in [3.05, 3.63) is 71.0 Å². The van der Waals surface area contributed by atoms with Crippen LogP contribution < -0.4 is 21.3 Å². The fraction of sp³-hybridized carbons (Fsp3) is 0.240. The molecule has 39 heavy (non-hydrogen) atoms. The molecule has 14 heteroatoms. The maximum Gasteiger partial charge on any atom is 0.409 e. The van der Waals surface area contributed by atoms with Crippen LogP contribution in [0.15, 0.2) is 54.9 Å². The molecule has 1 unspecified atom stereocenters. The summed E-state index contributed by atoms with van der Waals surface area (Å²) in [5.41, 5.74) is 1.93. The first kappa shape index (κ1) is 27.3. The number of rotatable bonds is 6. The van der Waals surface area contributed by atoms with E-state index in [1.54, 1.807) is 30.4 Å². The number of carbonyl (C=O) groups is 4. The van der Waals surface area contributed by atoms with Crippen molar-refractivity contribution < 1.29 is 24.3 Å². The molecule has 0 bridgehead atoms. The summed E-state index contributed by atoms with van der Waals surface area (Å²) >= 11 is 6.17. The van der Waals surface area contributed by atoms with Crippen molar-refractivity contribution in [1.29, 1.82) is 0 Å². The number of anilines is 2. The van der Waals surface area contributed by atoms with E-state index in [-0.39, 0.29) is 42.2 Å². The molecule has 1 aromatic heterocycles. The first-order chi connectivity index (χ1) is 18.8. The van der Waals surface area contributed by atoms with Crippen LogP contribution in [0.1, 0.15) is 35.2 Å². The zero-order chi connectivity index (χ0) is 27.8. The Morgan fingerprint density at radius 3 is 2.77 bits per heavy atom. The van der Waals surface area contributed by atoms with Gasteiger partial charge in [0.05, 0.1) is 16.9 Å². The van der Waals surface area contributed by atoms with Crippen molar-refractivity contribution in [2.24, 2.45) is 0 Å². The summed E-state index contributed by atoms with van der Waals surface area (Å²) < 4.78 is 1.50. The van der Waals surface area contributed by atoms with E-state index in [1.165, 1.54) is 29.2 Å². The standard InChI is InChI=1S/C25H25ClN8O5/c26-16-6-9-21(34-14-28-32-33-34)15(12-16)10-11-27-24(37)19-4-2-1-3-5-22(35)30-20-13-17(29-25(38)39)7-8-18(20)23(36)31-19/h1-2,6-9,12-14,19,29H,3-5,10-11H2,(H,27,37)(H,30,35)(H,31,36)(H,38,39)/b2-1-. The number of carbonyl (C=O) groups excluding carboxylic acids is 3. The maximum atomic E-state index is 13.1. The summed E-state index contributed by atoms with van der Waals surface area (Å²) in [7, 11) is 0. The molecule has 4 amide bonds. The highest BCUT2D eigenvalue weighted by atomic mass is 35.5. The van der Waals surface area contributed by atoms with Gasteiger partial charge in [0.25, 0.3) is 5.91 Å². The highest BCUT2D eigenvalue weighted by Crippen LogP contribution is 2.23. The number of halogens is 1. The molecule has 0 fully saturated rings.